The summed E-state index contributed by atoms with van der Waals surface area (Å²) in [5.41, 5.74) is 5.24. The maximum atomic E-state index is 2.40. The van der Waals surface area contributed by atoms with Crippen LogP contribution in [0.4, 0.5) is 0 Å². The van der Waals surface area contributed by atoms with E-state index >= 15 is 0 Å². The van der Waals surface area contributed by atoms with E-state index < -0.39 is 0 Å². The summed E-state index contributed by atoms with van der Waals surface area (Å²) in [6.07, 6.45) is 19.2. The van der Waals surface area contributed by atoms with Gasteiger partial charge in [-0.3, -0.25) is 0 Å². The van der Waals surface area contributed by atoms with Crippen molar-refractivity contribution in [2.45, 2.75) is 74.7 Å². The fourth-order valence-corrected chi connectivity index (χ4v) is 3.11. The third kappa shape index (κ3) is 6.12. The number of hydrogen-bond donors (Lipinski definition) is 0. The number of benzene rings is 1. The van der Waals surface area contributed by atoms with Crippen LogP contribution in [0.2, 0.25) is 0 Å². The van der Waals surface area contributed by atoms with Crippen LogP contribution in [0.25, 0.3) is 28.8 Å². The minimum absolute atomic E-state index is 1.01. The molecule has 1 nitrogen and oxygen atoms in total. The fourth-order valence-electron chi connectivity index (χ4n) is 3.11. The smallest absolute Gasteiger partial charge is 0.0540 e. The van der Waals surface area contributed by atoms with Crippen molar-refractivity contribution < 1.29 is 0 Å². The molecular weight excluding hydrogens is 338 g/mol. The minimum atomic E-state index is 1.01. The van der Waals surface area contributed by atoms with Gasteiger partial charge in [0.25, 0.3) is 0 Å². The molecule has 2 aliphatic rings. The fraction of sp³-hybridized carbons (Fsp3) is 0.407. The number of rotatable bonds is 1. The van der Waals surface area contributed by atoms with Crippen LogP contribution in [-0.4, -0.2) is 4.57 Å². The third-order valence-electron chi connectivity index (χ3n) is 4.02. The largest absolute Gasteiger partial charge is 0.310 e. The van der Waals surface area contributed by atoms with Crippen molar-refractivity contribution in [2.75, 3.05) is 0 Å². The second-order valence-electron chi connectivity index (χ2n) is 5.30. The molecule has 0 atom stereocenters. The highest BCUT2D eigenvalue weighted by Gasteiger charge is 2.16. The molecule has 0 bridgehead atoms. The Labute approximate surface area is 174 Å². The van der Waals surface area contributed by atoms with Crippen molar-refractivity contribution in [3.8, 4) is 0 Å². The molecule has 1 aromatic carbocycles. The number of aromatic nitrogens is 1. The summed E-state index contributed by atoms with van der Waals surface area (Å²) in [6.45, 7) is 16.0. The van der Waals surface area contributed by atoms with Gasteiger partial charge in [0.05, 0.1) is 11.2 Å². The molecule has 0 N–H and O–H groups in total. The van der Waals surface area contributed by atoms with Gasteiger partial charge >= 0.3 is 0 Å². The molecule has 28 heavy (non-hydrogen) atoms. The Hall–Kier alpha value is -2.28. The normalized spacial score (nSPS) is 13.1. The average Bonchev–Trinajstić information content (AvgIpc) is 2.95. The van der Waals surface area contributed by atoms with Crippen molar-refractivity contribution in [3.63, 3.8) is 0 Å². The van der Waals surface area contributed by atoms with E-state index in [1.54, 1.807) is 0 Å². The van der Waals surface area contributed by atoms with Gasteiger partial charge in [0.2, 0.25) is 0 Å². The lowest BCUT2D eigenvalue weighted by Gasteiger charge is -2.13. The average molecular weight is 380 g/mol. The van der Waals surface area contributed by atoms with Gasteiger partial charge in [-0.15, -0.1) is 0 Å². The SMILES string of the molecule is C1=Cc2c(n(C3=CCCC=C3)c3ccccc23)C=CC1.CC.CC.CC.CC. The number of hydrogen-bond acceptors (Lipinski definition) is 0. The standard InChI is InChI=1S/C19H17N.4C2H6/c1-3-9-15(10-4-1)20-18-13-6-2-5-11-16(18)17-12-7-8-14-19(17)20;4*1-2/h3,5-14H,1-2,4H2;4*1-2H3. The van der Waals surface area contributed by atoms with E-state index in [0.717, 1.165) is 19.3 Å². The summed E-state index contributed by atoms with van der Waals surface area (Å²) in [5, 5.41) is 1.34. The summed E-state index contributed by atoms with van der Waals surface area (Å²) < 4.78 is 2.40. The lowest BCUT2D eigenvalue weighted by Crippen LogP contribution is -1.99. The molecule has 0 radical (unpaired) electrons. The van der Waals surface area contributed by atoms with E-state index in [2.05, 4.69) is 71.4 Å². The van der Waals surface area contributed by atoms with Crippen LogP contribution in [0.15, 0.2) is 54.6 Å². The van der Waals surface area contributed by atoms with Gasteiger partial charge < -0.3 is 4.57 Å². The van der Waals surface area contributed by atoms with Gasteiger partial charge in [-0.1, -0.05) is 104 Å². The van der Waals surface area contributed by atoms with Gasteiger partial charge in [0.15, 0.2) is 0 Å². The first-order valence-electron chi connectivity index (χ1n) is 11.3. The van der Waals surface area contributed by atoms with E-state index in [-0.39, 0.29) is 0 Å². The van der Waals surface area contributed by atoms with Crippen LogP contribution >= 0.6 is 0 Å². The third-order valence-corrected chi connectivity index (χ3v) is 4.02. The van der Waals surface area contributed by atoms with E-state index in [1.165, 1.54) is 27.9 Å². The minimum Gasteiger partial charge on any atom is -0.310 e. The highest BCUT2D eigenvalue weighted by atomic mass is 15.0. The number of nitrogens with zero attached hydrogens (tertiary/aromatic N) is 1. The predicted octanol–water partition coefficient (Wildman–Crippen LogP) is 9.37. The van der Waals surface area contributed by atoms with Gasteiger partial charge in [-0.05, 0) is 37.5 Å². The lowest BCUT2D eigenvalue weighted by molar-refractivity contribution is 1.01. The molecule has 1 heteroatoms. The molecule has 1 heterocycles. The first kappa shape index (κ1) is 25.7. The Kier molecular flexibility index (Phi) is 14.5. The zero-order valence-corrected chi connectivity index (χ0v) is 19.4. The Balaban J connectivity index is 0.000000818. The molecule has 0 saturated carbocycles. The maximum Gasteiger partial charge on any atom is 0.0540 e. The van der Waals surface area contributed by atoms with E-state index in [0.29, 0.717) is 0 Å². The summed E-state index contributed by atoms with van der Waals surface area (Å²) in [5.74, 6) is 0. The Morgan fingerprint density at radius 1 is 0.679 bits per heavy atom. The molecule has 0 fully saturated rings. The molecule has 2 aromatic rings. The topological polar surface area (TPSA) is 4.93 Å². The maximum absolute atomic E-state index is 2.40. The Bertz CT molecular complexity index is 782. The number of allylic oxidation sites excluding steroid dienone is 6. The van der Waals surface area contributed by atoms with Crippen LogP contribution in [0.3, 0.4) is 0 Å². The Morgan fingerprint density at radius 3 is 1.96 bits per heavy atom. The van der Waals surface area contributed by atoms with Gasteiger partial charge in [-0.2, -0.15) is 0 Å². The molecule has 0 aliphatic heterocycles. The molecule has 1 aromatic heterocycles. The zero-order valence-electron chi connectivity index (χ0n) is 19.4. The zero-order chi connectivity index (χ0) is 21.4. The first-order valence-corrected chi connectivity index (χ1v) is 11.3. The van der Waals surface area contributed by atoms with Crippen molar-refractivity contribution in [1.29, 1.82) is 0 Å². The monoisotopic (exact) mass is 379 g/mol. The second-order valence-corrected chi connectivity index (χ2v) is 5.30. The van der Waals surface area contributed by atoms with Gasteiger partial charge in [-0.25, -0.2) is 0 Å². The van der Waals surface area contributed by atoms with Crippen molar-refractivity contribution in [2.24, 2.45) is 0 Å². The molecule has 0 amide bonds. The first-order chi connectivity index (χ1) is 13.9. The van der Waals surface area contributed by atoms with Crippen LogP contribution in [0.1, 0.15) is 85.9 Å². The van der Waals surface area contributed by atoms with Crippen LogP contribution in [-0.2, 0) is 0 Å². The van der Waals surface area contributed by atoms with Crippen molar-refractivity contribution in [3.05, 3.63) is 65.9 Å². The second kappa shape index (κ2) is 15.7. The summed E-state index contributed by atoms with van der Waals surface area (Å²) >= 11 is 0. The summed E-state index contributed by atoms with van der Waals surface area (Å²) in [4.78, 5) is 0. The number of fused-ring (bicyclic) bond motifs is 3. The van der Waals surface area contributed by atoms with Gasteiger partial charge in [0.1, 0.15) is 0 Å². The van der Waals surface area contributed by atoms with Gasteiger partial charge in [0, 0.05) is 16.6 Å². The highest BCUT2D eigenvalue weighted by Crippen LogP contribution is 2.33. The predicted molar refractivity (Wildman–Crippen MR) is 133 cm³/mol. The molecule has 0 saturated heterocycles. The van der Waals surface area contributed by atoms with Crippen LogP contribution in [0.5, 0.6) is 0 Å². The molecule has 0 spiro atoms. The van der Waals surface area contributed by atoms with E-state index in [4.69, 9.17) is 0 Å². The molecular formula is C27H41N. The van der Waals surface area contributed by atoms with E-state index in [1.807, 2.05) is 55.4 Å². The molecule has 0 unspecified atom stereocenters. The van der Waals surface area contributed by atoms with Crippen LogP contribution < -0.4 is 0 Å². The summed E-state index contributed by atoms with van der Waals surface area (Å²) in [7, 11) is 0. The van der Waals surface area contributed by atoms with Crippen LogP contribution in [0, 0.1) is 0 Å². The molecule has 4 rings (SSSR count). The number of para-hydroxylation sites is 1. The lowest BCUT2D eigenvalue weighted by atomic mass is 10.1. The molecule has 154 valence electrons. The summed E-state index contributed by atoms with van der Waals surface area (Å²) in [6, 6.07) is 8.69. The van der Waals surface area contributed by atoms with Crippen molar-refractivity contribution in [1.82, 2.24) is 4.57 Å². The quantitative estimate of drug-likeness (QED) is 0.465. The Morgan fingerprint density at radius 2 is 1.32 bits per heavy atom. The highest BCUT2D eigenvalue weighted by molar-refractivity contribution is 5.97. The molecule has 2 aliphatic carbocycles. The van der Waals surface area contributed by atoms with E-state index in [9.17, 15) is 0 Å². The van der Waals surface area contributed by atoms with Crippen molar-refractivity contribution >= 4 is 28.8 Å².